The molecule has 0 aliphatic heterocycles. The van der Waals surface area contributed by atoms with E-state index in [1.54, 1.807) is 30.3 Å². The highest BCUT2D eigenvalue weighted by molar-refractivity contribution is 6.04. The molecule has 2 aromatic carbocycles. The van der Waals surface area contributed by atoms with E-state index >= 15 is 0 Å². The standard InChI is InChI=1S/C15H13FN2O3/c16-13-4-2-1-3-12(13)14(19)18-11-7-5-10(6-8-11)9-17-15(20)21/h1-8,17H,9H2,(H,18,19)(H,20,21). The largest absolute Gasteiger partial charge is 0.465 e. The lowest BCUT2D eigenvalue weighted by Crippen LogP contribution is -2.19. The van der Waals surface area contributed by atoms with Crippen LogP contribution in [0.1, 0.15) is 15.9 Å². The molecule has 0 atom stereocenters. The Morgan fingerprint density at radius 1 is 1.05 bits per heavy atom. The Morgan fingerprint density at radius 3 is 2.33 bits per heavy atom. The minimum absolute atomic E-state index is 0.0332. The fraction of sp³-hybridized carbons (Fsp3) is 0.0667. The van der Waals surface area contributed by atoms with Crippen molar-refractivity contribution in [3.63, 3.8) is 0 Å². The van der Waals surface area contributed by atoms with Crippen molar-refractivity contribution in [1.29, 1.82) is 0 Å². The van der Waals surface area contributed by atoms with Crippen LogP contribution in [0.4, 0.5) is 14.9 Å². The van der Waals surface area contributed by atoms with Crippen molar-refractivity contribution in [1.82, 2.24) is 5.32 Å². The molecule has 0 spiro atoms. The van der Waals surface area contributed by atoms with Crippen molar-refractivity contribution >= 4 is 17.7 Å². The van der Waals surface area contributed by atoms with E-state index in [0.717, 1.165) is 5.56 Å². The molecule has 0 saturated heterocycles. The number of hydrogen-bond donors (Lipinski definition) is 3. The van der Waals surface area contributed by atoms with Crippen LogP contribution in [0.25, 0.3) is 0 Å². The molecule has 0 aliphatic rings. The zero-order valence-corrected chi connectivity index (χ0v) is 11.0. The van der Waals surface area contributed by atoms with Crippen molar-refractivity contribution in [2.24, 2.45) is 0 Å². The quantitative estimate of drug-likeness (QED) is 0.809. The molecular weight excluding hydrogens is 275 g/mol. The third-order valence-electron chi connectivity index (χ3n) is 2.77. The minimum Gasteiger partial charge on any atom is -0.465 e. The number of carboxylic acid groups (broad SMARTS) is 1. The van der Waals surface area contributed by atoms with Crippen molar-refractivity contribution in [2.75, 3.05) is 5.32 Å². The highest BCUT2D eigenvalue weighted by Gasteiger charge is 2.10. The summed E-state index contributed by atoms with van der Waals surface area (Å²) in [5, 5.41) is 13.3. The Balaban J connectivity index is 2.02. The summed E-state index contributed by atoms with van der Waals surface area (Å²) < 4.78 is 13.5. The number of carbonyl (C=O) groups is 2. The van der Waals surface area contributed by atoms with Gasteiger partial charge in [-0.1, -0.05) is 24.3 Å². The van der Waals surface area contributed by atoms with E-state index in [-0.39, 0.29) is 12.1 Å². The second-order valence-electron chi connectivity index (χ2n) is 4.29. The van der Waals surface area contributed by atoms with Crippen LogP contribution >= 0.6 is 0 Å². The summed E-state index contributed by atoms with van der Waals surface area (Å²) in [5.74, 6) is -1.12. The second kappa shape index (κ2) is 6.51. The lowest BCUT2D eigenvalue weighted by atomic mass is 10.1. The van der Waals surface area contributed by atoms with Crippen LogP contribution in [0, 0.1) is 5.82 Å². The van der Waals surface area contributed by atoms with Gasteiger partial charge in [-0.25, -0.2) is 9.18 Å². The molecule has 0 saturated carbocycles. The van der Waals surface area contributed by atoms with Crippen LogP contribution in [0.3, 0.4) is 0 Å². The summed E-state index contributed by atoms with van der Waals surface area (Å²) in [7, 11) is 0. The first-order valence-corrected chi connectivity index (χ1v) is 6.18. The predicted molar refractivity (Wildman–Crippen MR) is 75.7 cm³/mol. The van der Waals surface area contributed by atoms with E-state index in [4.69, 9.17) is 5.11 Å². The Hall–Kier alpha value is -2.89. The molecule has 0 bridgehead atoms. The first-order valence-electron chi connectivity index (χ1n) is 6.18. The number of nitrogens with one attached hydrogen (secondary N) is 2. The van der Waals surface area contributed by atoms with Crippen LogP contribution in [0.15, 0.2) is 48.5 Å². The number of amides is 2. The maximum Gasteiger partial charge on any atom is 0.404 e. The number of hydrogen-bond acceptors (Lipinski definition) is 2. The summed E-state index contributed by atoms with van der Waals surface area (Å²) >= 11 is 0. The summed E-state index contributed by atoms with van der Waals surface area (Å²) in [4.78, 5) is 22.3. The molecule has 5 nitrogen and oxygen atoms in total. The molecule has 2 amide bonds. The Morgan fingerprint density at radius 2 is 1.71 bits per heavy atom. The first-order chi connectivity index (χ1) is 10.1. The zero-order valence-electron chi connectivity index (χ0n) is 11.0. The van der Waals surface area contributed by atoms with E-state index < -0.39 is 17.8 Å². The third kappa shape index (κ3) is 4.04. The number of benzene rings is 2. The SMILES string of the molecule is O=C(O)NCc1ccc(NC(=O)c2ccccc2F)cc1. The molecule has 0 aromatic heterocycles. The van der Waals surface area contributed by atoms with Crippen LogP contribution in [0.5, 0.6) is 0 Å². The molecule has 0 heterocycles. The average molecular weight is 288 g/mol. The van der Waals surface area contributed by atoms with Crippen molar-refractivity contribution in [3.8, 4) is 0 Å². The van der Waals surface area contributed by atoms with Gasteiger partial charge in [-0.05, 0) is 29.8 Å². The molecule has 6 heteroatoms. The molecule has 2 rings (SSSR count). The Labute approximate surface area is 120 Å². The van der Waals surface area contributed by atoms with Gasteiger partial charge in [-0.2, -0.15) is 0 Å². The van der Waals surface area contributed by atoms with Gasteiger partial charge in [-0.3, -0.25) is 4.79 Å². The van der Waals surface area contributed by atoms with Crippen LogP contribution < -0.4 is 10.6 Å². The monoisotopic (exact) mass is 288 g/mol. The first kappa shape index (κ1) is 14.5. The van der Waals surface area contributed by atoms with Crippen LogP contribution in [-0.4, -0.2) is 17.1 Å². The summed E-state index contributed by atoms with van der Waals surface area (Å²) in [6.45, 7) is 0.177. The van der Waals surface area contributed by atoms with Gasteiger partial charge in [0.25, 0.3) is 5.91 Å². The molecular formula is C15H13FN2O3. The van der Waals surface area contributed by atoms with Gasteiger partial charge in [0.1, 0.15) is 5.82 Å². The second-order valence-corrected chi connectivity index (χ2v) is 4.29. The van der Waals surface area contributed by atoms with Gasteiger partial charge in [0.05, 0.1) is 5.56 Å². The van der Waals surface area contributed by atoms with Gasteiger partial charge < -0.3 is 15.7 Å². The predicted octanol–water partition coefficient (Wildman–Crippen LogP) is 2.85. The van der Waals surface area contributed by atoms with Crippen LogP contribution in [0.2, 0.25) is 0 Å². The van der Waals surface area contributed by atoms with Gasteiger partial charge in [0, 0.05) is 12.2 Å². The lowest BCUT2D eigenvalue weighted by Gasteiger charge is -2.07. The Kier molecular flexibility index (Phi) is 4.50. The van der Waals surface area contributed by atoms with Gasteiger partial charge in [0.15, 0.2) is 0 Å². The minimum atomic E-state index is -1.10. The van der Waals surface area contributed by atoms with Gasteiger partial charge >= 0.3 is 6.09 Å². The Bertz CT molecular complexity index is 656. The smallest absolute Gasteiger partial charge is 0.404 e. The molecule has 0 fully saturated rings. The highest BCUT2D eigenvalue weighted by atomic mass is 19.1. The topological polar surface area (TPSA) is 78.4 Å². The summed E-state index contributed by atoms with van der Waals surface area (Å²) in [6.07, 6.45) is -1.10. The summed E-state index contributed by atoms with van der Waals surface area (Å²) in [5.41, 5.74) is 1.22. The zero-order chi connectivity index (χ0) is 15.2. The van der Waals surface area contributed by atoms with E-state index in [1.165, 1.54) is 18.2 Å². The summed E-state index contributed by atoms with van der Waals surface area (Å²) in [6, 6.07) is 12.3. The van der Waals surface area contributed by atoms with E-state index in [0.29, 0.717) is 5.69 Å². The van der Waals surface area contributed by atoms with Gasteiger partial charge in [0.2, 0.25) is 0 Å². The number of rotatable bonds is 4. The lowest BCUT2D eigenvalue weighted by molar-refractivity contribution is 0.102. The third-order valence-corrected chi connectivity index (χ3v) is 2.77. The van der Waals surface area contributed by atoms with E-state index in [9.17, 15) is 14.0 Å². The molecule has 0 aliphatic carbocycles. The molecule has 21 heavy (non-hydrogen) atoms. The fourth-order valence-corrected chi connectivity index (χ4v) is 1.73. The van der Waals surface area contributed by atoms with Crippen molar-refractivity contribution in [3.05, 3.63) is 65.5 Å². The fourth-order valence-electron chi connectivity index (χ4n) is 1.73. The number of halogens is 1. The maximum atomic E-state index is 13.5. The molecule has 3 N–H and O–H groups in total. The normalized spacial score (nSPS) is 9.95. The van der Waals surface area contributed by atoms with E-state index in [1.807, 2.05) is 0 Å². The van der Waals surface area contributed by atoms with Crippen molar-refractivity contribution in [2.45, 2.75) is 6.54 Å². The van der Waals surface area contributed by atoms with Crippen molar-refractivity contribution < 1.29 is 19.1 Å². The molecule has 2 aromatic rings. The average Bonchev–Trinajstić information content (AvgIpc) is 2.47. The maximum absolute atomic E-state index is 13.5. The van der Waals surface area contributed by atoms with Gasteiger partial charge in [-0.15, -0.1) is 0 Å². The molecule has 108 valence electrons. The number of anilines is 1. The highest BCUT2D eigenvalue weighted by Crippen LogP contribution is 2.13. The van der Waals surface area contributed by atoms with Crippen LogP contribution in [-0.2, 0) is 6.54 Å². The molecule has 0 unspecified atom stereocenters. The van der Waals surface area contributed by atoms with E-state index in [2.05, 4.69) is 10.6 Å². The number of carbonyl (C=O) groups excluding carboxylic acids is 1. The molecule has 0 radical (unpaired) electrons.